The Bertz CT molecular complexity index is 1310. The summed E-state index contributed by atoms with van der Waals surface area (Å²) in [5.41, 5.74) is 2.13. The van der Waals surface area contributed by atoms with E-state index in [1.165, 1.54) is 11.2 Å². The summed E-state index contributed by atoms with van der Waals surface area (Å²) in [4.78, 5) is 24.4. The number of sulfonamides is 1. The monoisotopic (exact) mass is 465 g/mol. The molecule has 1 heterocycles. The molecule has 172 valence electrons. The Morgan fingerprint density at radius 3 is 2.30 bits per heavy atom. The Morgan fingerprint density at radius 2 is 1.61 bits per heavy atom. The van der Waals surface area contributed by atoms with Crippen molar-refractivity contribution in [2.24, 2.45) is 5.92 Å². The van der Waals surface area contributed by atoms with E-state index in [-0.39, 0.29) is 35.7 Å². The summed E-state index contributed by atoms with van der Waals surface area (Å²) in [6.45, 7) is 3.89. The van der Waals surface area contributed by atoms with E-state index < -0.39 is 10.0 Å². The van der Waals surface area contributed by atoms with E-state index in [0.29, 0.717) is 24.2 Å². The molecule has 0 aliphatic carbocycles. The predicted octanol–water partition coefficient (Wildman–Crippen LogP) is 4.15. The van der Waals surface area contributed by atoms with Gasteiger partial charge in [0.2, 0.25) is 21.8 Å². The minimum Gasteiger partial charge on any atom is -0.326 e. The van der Waals surface area contributed by atoms with Gasteiger partial charge in [0.1, 0.15) is 0 Å². The molecule has 8 heteroatoms. The molecule has 1 aliphatic heterocycles. The third kappa shape index (κ3) is 5.07. The van der Waals surface area contributed by atoms with Gasteiger partial charge in [-0.2, -0.15) is 4.31 Å². The van der Waals surface area contributed by atoms with Crippen LogP contribution < -0.4 is 10.6 Å². The molecule has 1 fully saturated rings. The number of anilines is 2. The zero-order valence-corrected chi connectivity index (χ0v) is 19.5. The number of aryl methyl sites for hydroxylation is 1. The second kappa shape index (κ2) is 9.33. The minimum atomic E-state index is -3.62. The number of carbonyl (C=O) groups excluding carboxylic acids is 2. The number of carbonyl (C=O) groups is 2. The Kier molecular flexibility index (Phi) is 6.49. The molecule has 0 atom stereocenters. The lowest BCUT2D eigenvalue weighted by atomic mass is 9.97. The first kappa shape index (κ1) is 22.9. The van der Waals surface area contributed by atoms with Crippen LogP contribution in [0.3, 0.4) is 0 Å². The molecule has 3 aromatic carbocycles. The summed E-state index contributed by atoms with van der Waals surface area (Å²) in [7, 11) is -3.62. The second-order valence-electron chi connectivity index (χ2n) is 8.39. The fourth-order valence-corrected chi connectivity index (χ4v) is 5.61. The third-order valence-corrected chi connectivity index (χ3v) is 7.89. The maximum Gasteiger partial charge on any atom is 0.243 e. The van der Waals surface area contributed by atoms with Crippen molar-refractivity contribution in [3.8, 4) is 0 Å². The normalized spacial score (nSPS) is 15.3. The Labute approximate surface area is 193 Å². The molecule has 0 unspecified atom stereocenters. The van der Waals surface area contributed by atoms with Gasteiger partial charge in [0.05, 0.1) is 4.90 Å². The first-order valence-electron chi connectivity index (χ1n) is 10.9. The number of fused-ring (bicyclic) bond motifs is 1. The van der Waals surface area contributed by atoms with Crippen molar-refractivity contribution in [3.05, 3.63) is 66.2 Å². The highest BCUT2D eigenvalue weighted by atomic mass is 32.2. The minimum absolute atomic E-state index is 0.138. The van der Waals surface area contributed by atoms with Crippen LogP contribution in [0.1, 0.15) is 25.3 Å². The highest BCUT2D eigenvalue weighted by Gasteiger charge is 2.32. The highest BCUT2D eigenvalue weighted by molar-refractivity contribution is 7.89. The second-order valence-corrected chi connectivity index (χ2v) is 10.3. The summed E-state index contributed by atoms with van der Waals surface area (Å²) in [6, 6.07) is 18.2. The van der Waals surface area contributed by atoms with E-state index in [1.54, 1.807) is 24.3 Å². The molecule has 2 N–H and O–H groups in total. The average Bonchev–Trinajstić information content (AvgIpc) is 2.80. The zero-order valence-electron chi connectivity index (χ0n) is 18.7. The number of amides is 2. The number of hydrogen-bond acceptors (Lipinski definition) is 4. The summed E-state index contributed by atoms with van der Waals surface area (Å²) in [6.07, 6.45) is 0.895. The lowest BCUT2D eigenvalue weighted by Crippen LogP contribution is -2.41. The number of hydrogen-bond donors (Lipinski definition) is 2. The topological polar surface area (TPSA) is 95.6 Å². The van der Waals surface area contributed by atoms with Crippen LogP contribution in [0.15, 0.2) is 65.6 Å². The lowest BCUT2D eigenvalue weighted by molar-refractivity contribution is -0.121. The predicted molar refractivity (Wildman–Crippen MR) is 130 cm³/mol. The lowest BCUT2D eigenvalue weighted by Gasteiger charge is -2.30. The molecule has 1 aliphatic rings. The maximum atomic E-state index is 13.2. The van der Waals surface area contributed by atoms with Crippen LogP contribution in [0, 0.1) is 12.8 Å². The SMILES string of the molecule is CC(=O)Nc1ccc(C)c(NC(=O)C2CCN(S(=O)(=O)c3ccc4ccccc4c3)CC2)c1. The zero-order chi connectivity index (χ0) is 23.6. The van der Waals surface area contributed by atoms with Crippen molar-refractivity contribution in [1.29, 1.82) is 0 Å². The first-order chi connectivity index (χ1) is 15.7. The molecule has 3 aromatic rings. The van der Waals surface area contributed by atoms with Crippen molar-refractivity contribution in [2.45, 2.75) is 31.6 Å². The van der Waals surface area contributed by atoms with Gasteiger partial charge in [-0.15, -0.1) is 0 Å². The van der Waals surface area contributed by atoms with Crippen molar-refractivity contribution < 1.29 is 18.0 Å². The quantitative estimate of drug-likeness (QED) is 0.592. The van der Waals surface area contributed by atoms with Crippen molar-refractivity contribution in [3.63, 3.8) is 0 Å². The molecular formula is C25H27N3O4S. The summed E-state index contributed by atoms with van der Waals surface area (Å²) in [5, 5.41) is 7.52. The highest BCUT2D eigenvalue weighted by Crippen LogP contribution is 2.28. The van der Waals surface area contributed by atoms with Gasteiger partial charge in [0.15, 0.2) is 0 Å². The van der Waals surface area contributed by atoms with Crippen LogP contribution in [-0.4, -0.2) is 37.6 Å². The van der Waals surface area contributed by atoms with Crippen LogP contribution in [-0.2, 0) is 19.6 Å². The fraction of sp³-hybridized carbons (Fsp3) is 0.280. The van der Waals surface area contributed by atoms with Gasteiger partial charge in [0.25, 0.3) is 0 Å². The van der Waals surface area contributed by atoms with E-state index >= 15 is 0 Å². The van der Waals surface area contributed by atoms with Gasteiger partial charge in [-0.05, 0) is 60.4 Å². The molecule has 4 rings (SSSR count). The van der Waals surface area contributed by atoms with Gasteiger partial charge in [-0.1, -0.05) is 36.4 Å². The van der Waals surface area contributed by atoms with E-state index in [0.717, 1.165) is 16.3 Å². The summed E-state index contributed by atoms with van der Waals surface area (Å²) in [5.74, 6) is -0.603. The largest absolute Gasteiger partial charge is 0.326 e. The van der Waals surface area contributed by atoms with Gasteiger partial charge in [-0.3, -0.25) is 9.59 Å². The van der Waals surface area contributed by atoms with Gasteiger partial charge >= 0.3 is 0 Å². The molecule has 0 radical (unpaired) electrons. The molecule has 0 saturated carbocycles. The average molecular weight is 466 g/mol. The van der Waals surface area contributed by atoms with E-state index in [9.17, 15) is 18.0 Å². The fourth-order valence-electron chi connectivity index (χ4n) is 4.11. The Morgan fingerprint density at radius 1 is 0.909 bits per heavy atom. The van der Waals surface area contributed by atoms with Gasteiger partial charge in [0, 0.05) is 37.3 Å². The van der Waals surface area contributed by atoms with Crippen LogP contribution in [0.25, 0.3) is 10.8 Å². The number of piperidine rings is 1. The van der Waals surface area contributed by atoms with Gasteiger partial charge in [-0.25, -0.2) is 8.42 Å². The Balaban J connectivity index is 1.42. The molecule has 0 bridgehead atoms. The number of nitrogens with one attached hydrogen (secondary N) is 2. The van der Waals surface area contributed by atoms with Crippen LogP contribution in [0.4, 0.5) is 11.4 Å². The van der Waals surface area contributed by atoms with Crippen molar-refractivity contribution in [2.75, 3.05) is 23.7 Å². The smallest absolute Gasteiger partial charge is 0.243 e. The standard InChI is InChI=1S/C25H27N3O4S/c1-17-7-9-22(26-18(2)29)16-24(17)27-25(30)20-11-13-28(14-12-20)33(31,32)23-10-8-19-5-3-4-6-21(19)15-23/h3-10,15-16,20H,11-14H2,1-2H3,(H,26,29)(H,27,30). The molecule has 33 heavy (non-hydrogen) atoms. The number of rotatable bonds is 5. The summed E-state index contributed by atoms with van der Waals surface area (Å²) >= 11 is 0. The van der Waals surface area contributed by atoms with Crippen LogP contribution >= 0.6 is 0 Å². The number of benzene rings is 3. The molecular weight excluding hydrogens is 438 g/mol. The molecule has 1 saturated heterocycles. The third-order valence-electron chi connectivity index (χ3n) is 6.00. The van der Waals surface area contributed by atoms with E-state index in [1.807, 2.05) is 43.3 Å². The summed E-state index contributed by atoms with van der Waals surface area (Å²) < 4.78 is 27.8. The van der Waals surface area contributed by atoms with Gasteiger partial charge < -0.3 is 10.6 Å². The van der Waals surface area contributed by atoms with Crippen LogP contribution in [0.5, 0.6) is 0 Å². The van der Waals surface area contributed by atoms with E-state index in [4.69, 9.17) is 0 Å². The molecule has 7 nitrogen and oxygen atoms in total. The first-order valence-corrected chi connectivity index (χ1v) is 12.4. The molecule has 0 aromatic heterocycles. The maximum absolute atomic E-state index is 13.2. The van der Waals surface area contributed by atoms with Crippen LogP contribution in [0.2, 0.25) is 0 Å². The molecule has 0 spiro atoms. The molecule has 2 amide bonds. The van der Waals surface area contributed by atoms with Crippen molar-refractivity contribution >= 4 is 44.0 Å². The Hall–Kier alpha value is -3.23. The number of nitrogens with zero attached hydrogens (tertiary/aromatic N) is 1. The van der Waals surface area contributed by atoms with Crippen molar-refractivity contribution in [1.82, 2.24) is 4.31 Å². The van der Waals surface area contributed by atoms with E-state index in [2.05, 4.69) is 10.6 Å².